The van der Waals surface area contributed by atoms with Gasteiger partial charge in [-0.1, -0.05) is 6.07 Å². The van der Waals surface area contributed by atoms with E-state index in [4.69, 9.17) is 0 Å². The van der Waals surface area contributed by atoms with E-state index in [9.17, 15) is 21.6 Å². The van der Waals surface area contributed by atoms with E-state index >= 15 is 0 Å². The minimum Gasteiger partial charge on any atom is -0.265 e. The van der Waals surface area contributed by atoms with Gasteiger partial charge in [0.15, 0.2) is 0 Å². The highest BCUT2D eigenvalue weighted by Gasteiger charge is 2.30. The van der Waals surface area contributed by atoms with Crippen LogP contribution in [0, 0.1) is 0 Å². The Balaban J connectivity index is 1.81. The predicted molar refractivity (Wildman–Crippen MR) is 92.9 cm³/mol. The highest BCUT2D eigenvalue weighted by Crippen LogP contribution is 2.29. The smallest absolute Gasteiger partial charge is 0.265 e. The highest BCUT2D eigenvalue weighted by atomic mass is 32.2. The molecule has 0 spiro atoms. The molecule has 3 aromatic rings. The highest BCUT2D eigenvalue weighted by molar-refractivity contribution is 7.89. The quantitative estimate of drug-likeness (QED) is 0.718. The van der Waals surface area contributed by atoms with Crippen molar-refractivity contribution in [2.75, 3.05) is 0 Å². The third-order valence-corrected chi connectivity index (χ3v) is 5.21. The first-order valence-electron chi connectivity index (χ1n) is 7.78. The van der Waals surface area contributed by atoms with Crippen LogP contribution in [0.15, 0.2) is 72.0 Å². The average molecular weight is 393 g/mol. The number of hydrogen-bond acceptors (Lipinski definition) is 4. The first-order chi connectivity index (χ1) is 12.8. The van der Waals surface area contributed by atoms with Gasteiger partial charge in [0, 0.05) is 30.7 Å². The lowest BCUT2D eigenvalue weighted by Gasteiger charge is -2.11. The van der Waals surface area contributed by atoms with Gasteiger partial charge in [-0.25, -0.2) is 13.1 Å². The van der Waals surface area contributed by atoms with Gasteiger partial charge >= 0.3 is 6.18 Å². The Morgan fingerprint density at radius 2 is 1.59 bits per heavy atom. The minimum atomic E-state index is -4.52. The first-order valence-corrected chi connectivity index (χ1v) is 9.27. The number of pyridine rings is 2. The van der Waals surface area contributed by atoms with Gasteiger partial charge < -0.3 is 0 Å². The Labute approximate surface area is 154 Å². The lowest BCUT2D eigenvalue weighted by atomic mass is 10.1. The number of alkyl halides is 3. The van der Waals surface area contributed by atoms with Crippen molar-refractivity contribution in [3.05, 3.63) is 78.2 Å². The Morgan fingerprint density at radius 1 is 0.926 bits per heavy atom. The summed E-state index contributed by atoms with van der Waals surface area (Å²) in [4.78, 5) is 7.96. The van der Waals surface area contributed by atoms with E-state index in [1.54, 1.807) is 42.9 Å². The molecule has 27 heavy (non-hydrogen) atoms. The summed E-state index contributed by atoms with van der Waals surface area (Å²) in [6.45, 7) is -0.0607. The number of aromatic nitrogens is 2. The zero-order valence-corrected chi connectivity index (χ0v) is 14.6. The van der Waals surface area contributed by atoms with Crippen LogP contribution in [0.5, 0.6) is 0 Å². The second-order valence-electron chi connectivity index (χ2n) is 5.59. The van der Waals surface area contributed by atoms with E-state index in [0.717, 1.165) is 29.8 Å². The number of halogens is 3. The Morgan fingerprint density at radius 3 is 2.22 bits per heavy atom. The molecule has 0 saturated heterocycles. The molecule has 0 atom stereocenters. The topological polar surface area (TPSA) is 72.0 Å². The van der Waals surface area contributed by atoms with Crippen molar-refractivity contribution in [3.8, 4) is 11.3 Å². The van der Waals surface area contributed by atoms with Gasteiger partial charge in [-0.2, -0.15) is 13.2 Å². The van der Waals surface area contributed by atoms with E-state index in [-0.39, 0.29) is 11.4 Å². The minimum absolute atomic E-state index is 0.0607. The Hall–Kier alpha value is -2.78. The number of benzene rings is 1. The maximum atomic E-state index is 12.6. The summed E-state index contributed by atoms with van der Waals surface area (Å²) in [6, 6.07) is 10.2. The van der Waals surface area contributed by atoms with E-state index < -0.39 is 21.8 Å². The van der Waals surface area contributed by atoms with E-state index in [1.165, 1.54) is 0 Å². The van der Waals surface area contributed by atoms with Crippen LogP contribution in [0.2, 0.25) is 0 Å². The summed E-state index contributed by atoms with van der Waals surface area (Å²) in [7, 11) is -3.98. The van der Waals surface area contributed by atoms with Gasteiger partial charge in [0.05, 0.1) is 16.2 Å². The summed E-state index contributed by atoms with van der Waals surface area (Å²) >= 11 is 0. The Bertz CT molecular complexity index is 1020. The average Bonchev–Trinajstić information content (AvgIpc) is 2.67. The zero-order chi connectivity index (χ0) is 19.5. The van der Waals surface area contributed by atoms with Crippen LogP contribution >= 0.6 is 0 Å². The molecule has 0 bridgehead atoms. The predicted octanol–water partition coefficient (Wildman–Crippen LogP) is 3.64. The monoisotopic (exact) mass is 393 g/mol. The number of sulfonamides is 1. The molecule has 0 amide bonds. The SMILES string of the molecule is O=S(=O)(NCc1cccnc1-c1ccncc1)c1ccc(C(F)(F)F)cc1. The van der Waals surface area contributed by atoms with Crippen LogP contribution in [-0.2, 0) is 22.7 Å². The summed E-state index contributed by atoms with van der Waals surface area (Å²) in [5, 5.41) is 0. The van der Waals surface area contributed by atoms with Gasteiger partial charge in [-0.15, -0.1) is 0 Å². The third kappa shape index (κ3) is 4.50. The van der Waals surface area contributed by atoms with Crippen LogP contribution in [0.4, 0.5) is 13.2 Å². The fourth-order valence-electron chi connectivity index (χ4n) is 2.43. The normalized spacial score (nSPS) is 12.1. The number of nitrogens with one attached hydrogen (secondary N) is 1. The van der Waals surface area contributed by atoms with Crippen LogP contribution in [0.1, 0.15) is 11.1 Å². The second-order valence-corrected chi connectivity index (χ2v) is 7.36. The third-order valence-electron chi connectivity index (χ3n) is 3.79. The largest absolute Gasteiger partial charge is 0.416 e. The Kier molecular flexibility index (Phi) is 5.24. The van der Waals surface area contributed by atoms with Crippen LogP contribution < -0.4 is 4.72 Å². The molecule has 2 heterocycles. The summed E-state index contributed by atoms with van der Waals surface area (Å²) in [5.41, 5.74) is 1.08. The molecule has 0 unspecified atom stereocenters. The van der Waals surface area contributed by atoms with E-state index in [0.29, 0.717) is 11.3 Å². The first kappa shape index (κ1) is 19.0. The molecule has 5 nitrogen and oxygen atoms in total. The zero-order valence-electron chi connectivity index (χ0n) is 13.8. The van der Waals surface area contributed by atoms with Gasteiger partial charge in [-0.3, -0.25) is 9.97 Å². The van der Waals surface area contributed by atoms with Crippen molar-refractivity contribution < 1.29 is 21.6 Å². The number of rotatable bonds is 5. The van der Waals surface area contributed by atoms with E-state index in [2.05, 4.69) is 14.7 Å². The second kappa shape index (κ2) is 7.45. The van der Waals surface area contributed by atoms with Crippen molar-refractivity contribution in [1.82, 2.24) is 14.7 Å². The standard InChI is InChI=1S/C18H14F3N3O2S/c19-18(20,21)15-3-5-16(6-4-15)27(25,26)24-12-14-2-1-9-23-17(14)13-7-10-22-11-8-13/h1-11,24H,12H2. The molecule has 0 aliphatic rings. The number of hydrogen-bond donors (Lipinski definition) is 1. The summed E-state index contributed by atoms with van der Waals surface area (Å²) in [6.07, 6.45) is 0.259. The molecule has 1 N–H and O–H groups in total. The molecule has 1 aromatic carbocycles. The fourth-order valence-corrected chi connectivity index (χ4v) is 3.44. The summed E-state index contributed by atoms with van der Waals surface area (Å²) < 4.78 is 65.0. The fraction of sp³-hybridized carbons (Fsp3) is 0.111. The molecule has 9 heteroatoms. The molecule has 140 valence electrons. The molecule has 0 aliphatic carbocycles. The maximum Gasteiger partial charge on any atom is 0.416 e. The van der Waals surface area contributed by atoms with Crippen LogP contribution in [-0.4, -0.2) is 18.4 Å². The number of nitrogens with zero attached hydrogens (tertiary/aromatic N) is 2. The maximum absolute atomic E-state index is 12.6. The van der Waals surface area contributed by atoms with Crippen molar-refractivity contribution in [3.63, 3.8) is 0 Å². The molecule has 2 aromatic heterocycles. The van der Waals surface area contributed by atoms with E-state index in [1.807, 2.05) is 0 Å². The molecule has 0 aliphatic heterocycles. The molecule has 0 saturated carbocycles. The molecule has 0 radical (unpaired) electrons. The molecular weight excluding hydrogens is 379 g/mol. The van der Waals surface area contributed by atoms with Gasteiger partial charge in [0.1, 0.15) is 0 Å². The molecular formula is C18H14F3N3O2S. The molecule has 3 rings (SSSR count). The van der Waals surface area contributed by atoms with Crippen molar-refractivity contribution in [1.29, 1.82) is 0 Å². The van der Waals surface area contributed by atoms with Gasteiger partial charge in [0.2, 0.25) is 10.0 Å². The van der Waals surface area contributed by atoms with Crippen LogP contribution in [0.25, 0.3) is 11.3 Å². The van der Waals surface area contributed by atoms with Crippen LogP contribution in [0.3, 0.4) is 0 Å². The van der Waals surface area contributed by atoms with Gasteiger partial charge in [-0.05, 0) is 48.0 Å². The lowest BCUT2D eigenvalue weighted by Crippen LogP contribution is -2.23. The molecule has 0 fully saturated rings. The van der Waals surface area contributed by atoms with Crippen molar-refractivity contribution in [2.45, 2.75) is 17.6 Å². The van der Waals surface area contributed by atoms with Crippen molar-refractivity contribution >= 4 is 10.0 Å². The summed E-state index contributed by atoms with van der Waals surface area (Å²) in [5.74, 6) is 0. The van der Waals surface area contributed by atoms with Gasteiger partial charge in [0.25, 0.3) is 0 Å². The van der Waals surface area contributed by atoms with Crippen molar-refractivity contribution in [2.24, 2.45) is 0 Å². The lowest BCUT2D eigenvalue weighted by molar-refractivity contribution is -0.137.